The minimum absolute atomic E-state index is 0.0234. The zero-order chi connectivity index (χ0) is 57.4. The molecule has 30 heteroatoms. The second-order valence-corrected chi connectivity index (χ2v) is 14.2. The first-order valence-corrected chi connectivity index (χ1v) is 20.6. The van der Waals surface area contributed by atoms with Crippen molar-refractivity contribution in [1.29, 1.82) is 0 Å². The molecule has 7 aromatic rings. The summed E-state index contributed by atoms with van der Waals surface area (Å²) >= 11 is 0. The fourth-order valence-corrected chi connectivity index (χ4v) is 5.57. The quantitative estimate of drug-likeness (QED) is 0.0243. The maximum absolute atomic E-state index is 11.3. The van der Waals surface area contributed by atoms with Crippen LogP contribution < -0.4 is 73.3 Å². The molecule has 0 aliphatic rings. The molecule has 7 aromatic carbocycles. The topological polar surface area (TPSA) is 579 Å². The van der Waals surface area contributed by atoms with Gasteiger partial charge in [-0.2, -0.15) is 0 Å². The Morgan fingerprint density at radius 1 is 0.316 bits per heavy atom. The van der Waals surface area contributed by atoms with Crippen molar-refractivity contribution in [2.75, 3.05) is 5.73 Å². The van der Waals surface area contributed by atoms with Gasteiger partial charge < -0.3 is 61.9 Å². The second-order valence-electron chi connectivity index (χ2n) is 14.2. The zero-order valence-corrected chi connectivity index (χ0v) is 39.0. The van der Waals surface area contributed by atoms with E-state index in [9.17, 15) is 44.1 Å². The highest BCUT2D eigenvalue weighted by atomic mass is 16.3. The zero-order valence-electron chi connectivity index (χ0n) is 39.0. The molecule has 0 fully saturated rings. The first-order valence-electron chi connectivity index (χ1n) is 20.6. The van der Waals surface area contributed by atoms with E-state index in [-0.39, 0.29) is 90.9 Å². The minimum atomic E-state index is -0.731. The minimum Gasteiger partial charge on any atom is -0.508 e. The molecule has 402 valence electrons. The van der Waals surface area contributed by atoms with E-state index in [1.54, 1.807) is 17.6 Å². The molecule has 0 bridgehead atoms. The fourth-order valence-electron chi connectivity index (χ4n) is 5.57. The Morgan fingerprint density at radius 2 is 0.711 bits per heavy atom. The lowest BCUT2D eigenvalue weighted by Crippen LogP contribution is -2.30. The fraction of sp³-hybridized carbons (Fsp3) is 0. The van der Waals surface area contributed by atoms with Crippen molar-refractivity contribution in [1.82, 2.24) is 32.6 Å². The summed E-state index contributed by atoms with van der Waals surface area (Å²) in [5.41, 5.74) is 16.8. The average molecular weight is 1060 g/mol. The number of phenolic OH excluding ortho intramolecular Hbond substituents is 11. The molecule has 7 rings (SSSR count). The third kappa shape index (κ3) is 17.4. The van der Waals surface area contributed by atoms with E-state index in [0.717, 1.165) is 12.1 Å². The lowest BCUT2D eigenvalue weighted by Gasteiger charge is -2.06. The molecule has 76 heavy (non-hydrogen) atoms. The van der Waals surface area contributed by atoms with E-state index in [1.165, 1.54) is 97.1 Å². The summed E-state index contributed by atoms with van der Waals surface area (Å²) in [6, 6.07) is 27.1. The summed E-state index contributed by atoms with van der Waals surface area (Å²) < 4.78 is 0. The van der Waals surface area contributed by atoms with Crippen LogP contribution in [0.25, 0.3) is 10.8 Å². The molecule has 0 heterocycles. The van der Waals surface area contributed by atoms with Crippen molar-refractivity contribution in [3.05, 3.63) is 155 Å². The number of hydrazine groups is 6. The van der Waals surface area contributed by atoms with Gasteiger partial charge in [0.1, 0.15) is 57.3 Å². The summed E-state index contributed by atoms with van der Waals surface area (Å²) in [5, 5.41) is 102. The molecule has 31 N–H and O–H groups in total. The summed E-state index contributed by atoms with van der Waals surface area (Å²) in [5.74, 6) is 22.9. The second kappa shape index (κ2) is 29.4. The number of benzene rings is 7. The smallest absolute Gasteiger partial charge is 0.272 e. The highest BCUT2D eigenvalue weighted by Crippen LogP contribution is 2.31. The number of fused-ring (bicyclic) bond motifs is 1. The Hall–Kier alpha value is -11.0. The number of hydrogen-bond acceptors (Lipinski definition) is 24. The molecule has 30 nitrogen and oxygen atoms in total. The third-order valence-electron chi connectivity index (χ3n) is 9.23. The number of nitrogens with two attached hydrogens (primary N) is 7. The SMILES string of the molecule is NNC(=O)c1c(O)cccc1O.NNC(=O)c1cc(O)ccc1O.NNC(=O)c1cc2cccc(O)c2cc1O.NNC(=O)c1ccc(N)cc1O.NNC(=O)c1ccc(O)cc1O.NNC(=O)c1cccc(O)c1O. The van der Waals surface area contributed by atoms with Crippen LogP contribution in [-0.2, 0) is 0 Å². The Kier molecular flexibility index (Phi) is 23.6. The predicted octanol–water partition coefficient (Wildman–Crippen LogP) is -0.762. The Morgan fingerprint density at radius 3 is 1.22 bits per heavy atom. The van der Waals surface area contributed by atoms with Gasteiger partial charge in [0.2, 0.25) is 0 Å². The van der Waals surface area contributed by atoms with Gasteiger partial charge in [-0.15, -0.1) is 0 Å². The van der Waals surface area contributed by atoms with Gasteiger partial charge >= 0.3 is 0 Å². The maximum atomic E-state index is 11.3. The number of hydrogen-bond donors (Lipinski definition) is 24. The average Bonchev–Trinajstić information content (AvgIpc) is 3.40. The van der Waals surface area contributed by atoms with Crippen LogP contribution in [0.4, 0.5) is 5.69 Å². The molecular weight excluding hydrogens is 1010 g/mol. The van der Waals surface area contributed by atoms with E-state index < -0.39 is 41.2 Å². The Bertz CT molecular complexity index is 3100. The third-order valence-corrected chi connectivity index (χ3v) is 9.23. The van der Waals surface area contributed by atoms with E-state index in [2.05, 4.69) is 0 Å². The maximum Gasteiger partial charge on any atom is 0.272 e. The number of phenols is 11. The number of aromatic hydroxyl groups is 11. The molecule has 0 spiro atoms. The van der Waals surface area contributed by atoms with Gasteiger partial charge in [-0.3, -0.25) is 61.3 Å². The first kappa shape index (κ1) is 61.1. The highest BCUT2D eigenvalue weighted by molar-refractivity contribution is 6.03. The van der Waals surface area contributed by atoms with Crippen LogP contribution in [0, 0.1) is 0 Å². The normalized spacial score (nSPS) is 9.61. The van der Waals surface area contributed by atoms with E-state index >= 15 is 0 Å². The van der Waals surface area contributed by atoms with Crippen LogP contribution in [0.5, 0.6) is 63.2 Å². The van der Waals surface area contributed by atoms with Crippen LogP contribution in [-0.4, -0.2) is 91.6 Å². The van der Waals surface area contributed by atoms with Crippen LogP contribution in [0.15, 0.2) is 121 Å². The monoisotopic (exact) mass is 1060 g/mol. The van der Waals surface area contributed by atoms with Gasteiger partial charge in [-0.1, -0.05) is 24.3 Å². The standard InChI is InChI=1S/C11H10N2O3.C7H9N3O2.4C7H8N2O3/c12-13-11(16)8-4-6-2-1-3-9(14)7(6)5-10(8)15;8-4-1-2-5(6(11)3-4)7(12)10-9;8-9-7(12)5-3-4(10)1-2-6(5)11;8-9-7(12)5-2-1-4(10)3-6(5)11;8-9-7(12)6-4(10)2-1-3-5(6)11;8-9-7(12)4-2-1-3-5(10)6(4)11/h1-5,14-15H,12H2,(H,13,16);1-3,11H,8-9H2,(H,10,12);4*1-3,10-11H,8H2,(H,9,12). The number of rotatable bonds is 6. The number of carbonyl (C=O) groups excluding carboxylic acids is 6. The molecule has 0 saturated heterocycles. The van der Waals surface area contributed by atoms with Crippen molar-refractivity contribution >= 4 is 51.9 Å². The van der Waals surface area contributed by atoms with Gasteiger partial charge in [-0.25, -0.2) is 35.1 Å². The molecular formula is C46H51N13O17. The molecule has 0 saturated carbocycles. The van der Waals surface area contributed by atoms with Crippen LogP contribution in [0.3, 0.4) is 0 Å². The lowest BCUT2D eigenvalue weighted by molar-refractivity contribution is 0.0940. The molecule has 6 amide bonds. The van der Waals surface area contributed by atoms with Crippen molar-refractivity contribution < 1.29 is 84.9 Å². The van der Waals surface area contributed by atoms with Crippen molar-refractivity contribution in [3.8, 4) is 63.2 Å². The molecule has 0 aromatic heterocycles. The van der Waals surface area contributed by atoms with Gasteiger partial charge in [0.25, 0.3) is 35.4 Å². The number of nitrogen functional groups attached to an aromatic ring is 7. The van der Waals surface area contributed by atoms with Gasteiger partial charge in [0, 0.05) is 23.2 Å². The molecule has 0 aliphatic heterocycles. The van der Waals surface area contributed by atoms with E-state index in [0.29, 0.717) is 16.5 Å². The van der Waals surface area contributed by atoms with Gasteiger partial charge in [-0.05, 0) is 90.3 Å². The van der Waals surface area contributed by atoms with Crippen molar-refractivity contribution in [2.45, 2.75) is 0 Å². The number of amides is 6. The van der Waals surface area contributed by atoms with Crippen LogP contribution in [0.1, 0.15) is 62.1 Å². The van der Waals surface area contributed by atoms with E-state index in [1.807, 2.05) is 27.1 Å². The summed E-state index contributed by atoms with van der Waals surface area (Å²) in [6.07, 6.45) is 0. The first-order chi connectivity index (χ1) is 35.9. The van der Waals surface area contributed by atoms with Gasteiger partial charge in [0.05, 0.1) is 27.8 Å². The summed E-state index contributed by atoms with van der Waals surface area (Å²) in [6.45, 7) is 0. The van der Waals surface area contributed by atoms with Gasteiger partial charge in [0.15, 0.2) is 11.5 Å². The molecule has 0 atom stereocenters. The number of para-hydroxylation sites is 1. The lowest BCUT2D eigenvalue weighted by atomic mass is 10.0. The molecule has 0 unspecified atom stereocenters. The number of anilines is 1. The molecule has 0 aliphatic carbocycles. The Balaban J connectivity index is 0.000000313. The Labute approximate surface area is 427 Å². The van der Waals surface area contributed by atoms with Crippen LogP contribution >= 0.6 is 0 Å². The van der Waals surface area contributed by atoms with Crippen molar-refractivity contribution in [3.63, 3.8) is 0 Å². The largest absolute Gasteiger partial charge is 0.508 e. The van der Waals surface area contributed by atoms with E-state index in [4.69, 9.17) is 81.6 Å². The van der Waals surface area contributed by atoms with Crippen molar-refractivity contribution in [2.24, 2.45) is 35.1 Å². The number of carbonyl (C=O) groups is 6. The highest BCUT2D eigenvalue weighted by Gasteiger charge is 2.16. The van der Waals surface area contributed by atoms with Crippen LogP contribution in [0.2, 0.25) is 0 Å². The number of nitrogens with one attached hydrogen (secondary N) is 6. The molecule has 0 radical (unpaired) electrons. The summed E-state index contributed by atoms with van der Waals surface area (Å²) in [4.78, 5) is 65.7. The predicted molar refractivity (Wildman–Crippen MR) is 269 cm³/mol. The summed E-state index contributed by atoms with van der Waals surface area (Å²) in [7, 11) is 0.